The number of unbranched alkanes of at least 4 members (excludes halogenated alkanes) is 2. The first kappa shape index (κ1) is 28.4. The summed E-state index contributed by atoms with van der Waals surface area (Å²) in [4.78, 5) is 47.0. The molecule has 0 aliphatic carbocycles. The number of carboxylic acids is 1. The van der Waals surface area contributed by atoms with Gasteiger partial charge in [0.1, 0.15) is 19.3 Å². The molecule has 0 unspecified atom stereocenters. The highest BCUT2D eigenvalue weighted by molar-refractivity contribution is 5.79. The zero-order valence-corrected chi connectivity index (χ0v) is 20.3. The number of benzene rings is 2. The minimum absolute atomic E-state index is 0.0555. The normalized spacial score (nSPS) is 11.2. The van der Waals surface area contributed by atoms with Crippen LogP contribution in [0.3, 0.4) is 0 Å². The van der Waals surface area contributed by atoms with Crippen LogP contribution in [0.5, 0.6) is 0 Å². The van der Waals surface area contributed by atoms with E-state index < -0.39 is 18.1 Å². The number of hydrogen-bond donors (Lipinski definition) is 3. The quantitative estimate of drug-likeness (QED) is 0.236. The van der Waals surface area contributed by atoms with Crippen LogP contribution in [-0.4, -0.2) is 41.6 Å². The lowest BCUT2D eigenvalue weighted by Gasteiger charge is -2.14. The average molecular weight is 499 g/mol. The predicted octanol–water partition coefficient (Wildman–Crippen LogP) is 3.96. The van der Waals surface area contributed by atoms with Crippen LogP contribution in [0.1, 0.15) is 56.1 Å². The van der Waals surface area contributed by atoms with E-state index in [0.717, 1.165) is 11.1 Å². The zero-order valence-electron chi connectivity index (χ0n) is 20.3. The van der Waals surface area contributed by atoms with Gasteiger partial charge >= 0.3 is 18.0 Å². The van der Waals surface area contributed by atoms with Gasteiger partial charge in [0.05, 0.1) is 0 Å². The number of alkyl carbamates (subject to hydrolysis) is 1. The minimum Gasteiger partial charge on any atom is -0.480 e. The Morgan fingerprint density at radius 2 is 1.33 bits per heavy atom. The van der Waals surface area contributed by atoms with Crippen LogP contribution in [0.4, 0.5) is 4.79 Å². The third kappa shape index (κ3) is 12.5. The van der Waals surface area contributed by atoms with Gasteiger partial charge in [0, 0.05) is 19.4 Å². The fraction of sp³-hybridized carbons (Fsp3) is 0.407. The maximum atomic E-state index is 11.9. The fourth-order valence-electron chi connectivity index (χ4n) is 3.32. The largest absolute Gasteiger partial charge is 0.480 e. The van der Waals surface area contributed by atoms with Crippen molar-refractivity contribution >= 4 is 23.9 Å². The van der Waals surface area contributed by atoms with Crippen molar-refractivity contribution in [3.8, 4) is 0 Å². The van der Waals surface area contributed by atoms with E-state index >= 15 is 0 Å². The number of carboxylic acid groups (broad SMARTS) is 1. The highest BCUT2D eigenvalue weighted by atomic mass is 16.5. The molecule has 0 bridgehead atoms. The van der Waals surface area contributed by atoms with E-state index in [4.69, 9.17) is 9.47 Å². The molecule has 0 aromatic heterocycles. The van der Waals surface area contributed by atoms with Gasteiger partial charge in [-0.25, -0.2) is 9.59 Å². The van der Waals surface area contributed by atoms with Crippen LogP contribution in [0.15, 0.2) is 60.7 Å². The van der Waals surface area contributed by atoms with E-state index in [9.17, 15) is 24.3 Å². The number of nitrogens with one attached hydrogen (secondary N) is 2. The molecule has 2 rings (SSSR count). The van der Waals surface area contributed by atoms with E-state index in [0.29, 0.717) is 38.6 Å². The van der Waals surface area contributed by atoms with Gasteiger partial charge < -0.3 is 25.2 Å². The number of ether oxygens (including phenoxy) is 2. The molecule has 2 aromatic rings. The van der Waals surface area contributed by atoms with Crippen LogP contribution in [0.2, 0.25) is 0 Å². The molecule has 36 heavy (non-hydrogen) atoms. The van der Waals surface area contributed by atoms with Crippen molar-refractivity contribution < 1.29 is 33.8 Å². The Hall–Kier alpha value is -3.88. The topological polar surface area (TPSA) is 131 Å². The van der Waals surface area contributed by atoms with E-state index in [-0.39, 0.29) is 37.9 Å². The standard InChI is InChI=1S/C27H34N2O7/c30-24(16-7-8-17-25(31)35-19-21-11-3-1-4-12-21)28-18-10-9-15-23(26(32)33)29-27(34)36-20-22-13-5-2-6-14-22/h1-6,11-14,23H,7-10,15-20H2,(H,28,30)(H,29,34)(H,32,33)/t23-/m0/s1. The monoisotopic (exact) mass is 498 g/mol. The maximum Gasteiger partial charge on any atom is 0.408 e. The minimum atomic E-state index is -1.14. The third-order valence-corrected chi connectivity index (χ3v) is 5.32. The second-order valence-electron chi connectivity index (χ2n) is 8.30. The summed E-state index contributed by atoms with van der Waals surface area (Å²) in [5.74, 6) is -1.55. The molecule has 9 heteroatoms. The SMILES string of the molecule is O=C(CCCCC(=O)OCc1ccccc1)NCCCC[C@H](NC(=O)OCc1ccccc1)C(=O)O. The summed E-state index contributed by atoms with van der Waals surface area (Å²) in [5, 5.41) is 14.5. The number of rotatable bonds is 16. The second-order valence-corrected chi connectivity index (χ2v) is 8.30. The number of carbonyl (C=O) groups excluding carboxylic acids is 3. The lowest BCUT2D eigenvalue weighted by atomic mass is 10.1. The molecule has 0 spiro atoms. The molecule has 0 fully saturated rings. The Bertz CT molecular complexity index is 951. The van der Waals surface area contributed by atoms with Crippen molar-refractivity contribution in [3.63, 3.8) is 0 Å². The van der Waals surface area contributed by atoms with E-state index in [1.165, 1.54) is 0 Å². The van der Waals surface area contributed by atoms with Crippen LogP contribution in [-0.2, 0) is 37.1 Å². The Kier molecular flexibility index (Phi) is 13.2. The first-order valence-corrected chi connectivity index (χ1v) is 12.1. The first-order chi connectivity index (χ1) is 17.4. The predicted molar refractivity (Wildman–Crippen MR) is 133 cm³/mol. The summed E-state index contributed by atoms with van der Waals surface area (Å²) in [6.45, 7) is 0.704. The molecule has 3 N–H and O–H groups in total. The summed E-state index contributed by atoms with van der Waals surface area (Å²) >= 11 is 0. The van der Waals surface area contributed by atoms with Gasteiger partial charge in [-0.05, 0) is 43.2 Å². The summed E-state index contributed by atoms with van der Waals surface area (Å²) < 4.78 is 10.3. The van der Waals surface area contributed by atoms with Crippen LogP contribution in [0.25, 0.3) is 0 Å². The second kappa shape index (κ2) is 16.7. The molecule has 0 radical (unpaired) electrons. The van der Waals surface area contributed by atoms with E-state index in [1.807, 2.05) is 48.5 Å². The number of carbonyl (C=O) groups is 4. The van der Waals surface area contributed by atoms with Crippen molar-refractivity contribution in [1.82, 2.24) is 10.6 Å². The van der Waals surface area contributed by atoms with Gasteiger partial charge in [-0.1, -0.05) is 60.7 Å². The van der Waals surface area contributed by atoms with E-state index in [2.05, 4.69) is 10.6 Å². The molecule has 2 aromatic carbocycles. The lowest BCUT2D eigenvalue weighted by molar-refractivity contribution is -0.145. The van der Waals surface area contributed by atoms with Crippen molar-refractivity contribution in [2.24, 2.45) is 0 Å². The van der Waals surface area contributed by atoms with Crippen molar-refractivity contribution in [3.05, 3.63) is 71.8 Å². The molecule has 0 saturated carbocycles. The molecule has 9 nitrogen and oxygen atoms in total. The molecule has 0 aliphatic heterocycles. The Balaban J connectivity index is 1.49. The van der Waals surface area contributed by atoms with Crippen LogP contribution in [0, 0.1) is 0 Å². The van der Waals surface area contributed by atoms with E-state index in [1.54, 1.807) is 12.1 Å². The summed E-state index contributed by atoms with van der Waals surface area (Å²) in [5.41, 5.74) is 1.73. The molecule has 1 atom stereocenters. The summed E-state index contributed by atoms with van der Waals surface area (Å²) in [7, 11) is 0. The molecule has 0 heterocycles. The van der Waals surface area contributed by atoms with Gasteiger partial charge in [-0.2, -0.15) is 0 Å². The first-order valence-electron chi connectivity index (χ1n) is 12.1. The highest BCUT2D eigenvalue weighted by Crippen LogP contribution is 2.07. The lowest BCUT2D eigenvalue weighted by Crippen LogP contribution is -2.41. The fourth-order valence-corrected chi connectivity index (χ4v) is 3.32. The molecule has 0 saturated heterocycles. The molecule has 0 aliphatic rings. The number of amides is 2. The number of aliphatic carboxylic acids is 1. The zero-order chi connectivity index (χ0) is 26.0. The molecular weight excluding hydrogens is 464 g/mol. The highest BCUT2D eigenvalue weighted by Gasteiger charge is 2.20. The molecule has 2 amide bonds. The van der Waals surface area contributed by atoms with Crippen LogP contribution >= 0.6 is 0 Å². The number of hydrogen-bond acceptors (Lipinski definition) is 6. The van der Waals surface area contributed by atoms with Crippen molar-refractivity contribution in [2.45, 2.75) is 64.2 Å². The van der Waals surface area contributed by atoms with Gasteiger partial charge in [0.2, 0.25) is 5.91 Å². The van der Waals surface area contributed by atoms with Crippen LogP contribution < -0.4 is 10.6 Å². The molecule has 194 valence electrons. The third-order valence-electron chi connectivity index (χ3n) is 5.32. The van der Waals surface area contributed by atoms with Crippen molar-refractivity contribution in [1.29, 1.82) is 0 Å². The Morgan fingerprint density at radius 1 is 0.750 bits per heavy atom. The van der Waals surface area contributed by atoms with Gasteiger partial charge in [-0.3, -0.25) is 9.59 Å². The smallest absolute Gasteiger partial charge is 0.408 e. The Morgan fingerprint density at radius 3 is 1.94 bits per heavy atom. The number of esters is 1. The maximum absolute atomic E-state index is 11.9. The van der Waals surface area contributed by atoms with Gasteiger partial charge in [0.25, 0.3) is 0 Å². The van der Waals surface area contributed by atoms with Gasteiger partial charge in [-0.15, -0.1) is 0 Å². The molecular formula is C27H34N2O7. The van der Waals surface area contributed by atoms with Crippen molar-refractivity contribution in [2.75, 3.05) is 6.54 Å². The Labute approximate surface area is 211 Å². The van der Waals surface area contributed by atoms with Gasteiger partial charge in [0.15, 0.2) is 0 Å². The summed E-state index contributed by atoms with van der Waals surface area (Å²) in [6.07, 6.45) is 2.21. The summed E-state index contributed by atoms with van der Waals surface area (Å²) in [6, 6.07) is 17.5. The average Bonchev–Trinajstić information content (AvgIpc) is 2.89.